The standard InChI is InChI=1S/C34H43N3O17S/c1-16(38)45-14-24-27(54-33-31(51-22(7)44)29(49-20(5)42)26(47-18(3)40)25(53-33)15-46-17(2)39)28(48-19(4)41)30(50-21(6)43)32(52-24)36-34(55)37-35-13-23-11-9-8-10-12-23/h8-13,24-33H,14-15H2,1-7H3,(H2,36,37,55)/b35-13+/t24-,25-,26+,27-,28+,29+,30-,31-,32-,33+/m1/s1. The minimum Gasteiger partial charge on any atom is -0.463 e. The third-order valence-electron chi connectivity index (χ3n) is 7.38. The van der Waals surface area contributed by atoms with Gasteiger partial charge in [0.25, 0.3) is 0 Å². The zero-order valence-electron chi connectivity index (χ0n) is 30.9. The second kappa shape index (κ2) is 21.0. The van der Waals surface area contributed by atoms with Gasteiger partial charge >= 0.3 is 41.8 Å². The van der Waals surface area contributed by atoms with Crippen molar-refractivity contribution in [2.75, 3.05) is 13.2 Å². The van der Waals surface area contributed by atoms with Gasteiger partial charge in [-0.15, -0.1) is 0 Å². The molecule has 2 aliphatic heterocycles. The zero-order chi connectivity index (χ0) is 40.8. The van der Waals surface area contributed by atoms with E-state index in [-0.39, 0.29) is 5.11 Å². The van der Waals surface area contributed by atoms with Crippen molar-refractivity contribution < 1.29 is 80.9 Å². The van der Waals surface area contributed by atoms with E-state index in [2.05, 4.69) is 15.8 Å². The fourth-order valence-corrected chi connectivity index (χ4v) is 5.66. The summed E-state index contributed by atoms with van der Waals surface area (Å²) in [5.41, 5.74) is 3.34. The van der Waals surface area contributed by atoms with Gasteiger partial charge in [0.1, 0.15) is 31.5 Å². The smallest absolute Gasteiger partial charge is 0.303 e. The van der Waals surface area contributed by atoms with E-state index < -0.39 is 116 Å². The Bertz CT molecular complexity index is 1590. The summed E-state index contributed by atoms with van der Waals surface area (Å²) in [6.45, 7) is 6.30. The van der Waals surface area contributed by atoms with Crippen molar-refractivity contribution in [3.8, 4) is 0 Å². The third kappa shape index (κ3) is 14.2. The molecule has 21 heteroatoms. The minimum atomic E-state index is -1.82. The molecule has 0 radical (unpaired) electrons. The predicted molar refractivity (Wildman–Crippen MR) is 186 cm³/mol. The summed E-state index contributed by atoms with van der Waals surface area (Å²) >= 11 is 5.39. The maximum absolute atomic E-state index is 12.6. The lowest BCUT2D eigenvalue weighted by Crippen LogP contribution is -2.69. The molecule has 0 bridgehead atoms. The molecule has 0 saturated carbocycles. The van der Waals surface area contributed by atoms with Gasteiger partial charge in [0, 0.05) is 48.5 Å². The third-order valence-corrected chi connectivity index (χ3v) is 7.59. The Balaban J connectivity index is 2.10. The van der Waals surface area contributed by atoms with E-state index in [9.17, 15) is 33.6 Å². The Labute approximate surface area is 320 Å². The minimum absolute atomic E-state index is 0.138. The molecule has 10 atom stereocenters. The summed E-state index contributed by atoms with van der Waals surface area (Å²) in [7, 11) is 0. The SMILES string of the molecule is CC(=O)OC[C@H]1O[C@@H](O[C@H]2[C@H](OC(C)=O)[C@@H](OC(C)=O)[C@H](NC(=S)N/N=C/c3ccccc3)O[C@@H]2COC(C)=O)[C@H](OC(C)=O)[C@@H](OC(C)=O)[C@H]1OC(C)=O. The quantitative estimate of drug-likeness (QED) is 0.0833. The molecule has 2 saturated heterocycles. The monoisotopic (exact) mass is 797 g/mol. The number of benzene rings is 1. The van der Waals surface area contributed by atoms with Crippen LogP contribution in [0.4, 0.5) is 0 Å². The highest BCUT2D eigenvalue weighted by atomic mass is 32.1. The Morgan fingerprint density at radius 3 is 1.58 bits per heavy atom. The van der Waals surface area contributed by atoms with E-state index in [0.29, 0.717) is 0 Å². The maximum atomic E-state index is 12.6. The lowest BCUT2D eigenvalue weighted by molar-refractivity contribution is -0.345. The number of hydrazone groups is 1. The molecule has 0 amide bonds. The molecule has 20 nitrogen and oxygen atoms in total. The first kappa shape index (κ1) is 44.1. The lowest BCUT2D eigenvalue weighted by atomic mass is 9.95. The van der Waals surface area contributed by atoms with Crippen LogP contribution in [0.5, 0.6) is 0 Å². The molecule has 2 aliphatic rings. The van der Waals surface area contributed by atoms with Crippen LogP contribution in [0.1, 0.15) is 54.0 Å². The first-order chi connectivity index (χ1) is 25.9. The Kier molecular flexibility index (Phi) is 16.9. The highest BCUT2D eigenvalue weighted by molar-refractivity contribution is 7.80. The predicted octanol–water partition coefficient (Wildman–Crippen LogP) is 0.104. The van der Waals surface area contributed by atoms with Crippen molar-refractivity contribution in [2.45, 2.75) is 110 Å². The summed E-state index contributed by atoms with van der Waals surface area (Å²) in [5, 5.41) is 6.72. The maximum Gasteiger partial charge on any atom is 0.303 e. The highest BCUT2D eigenvalue weighted by Crippen LogP contribution is 2.35. The average molecular weight is 798 g/mol. The zero-order valence-corrected chi connectivity index (χ0v) is 31.8. The number of thiocarbonyl (C=S) groups is 1. The molecule has 0 aromatic heterocycles. The van der Waals surface area contributed by atoms with Crippen molar-refractivity contribution in [2.24, 2.45) is 5.10 Å². The van der Waals surface area contributed by atoms with E-state index in [1.54, 1.807) is 24.3 Å². The van der Waals surface area contributed by atoms with Crippen LogP contribution in [0.15, 0.2) is 35.4 Å². The molecular formula is C34H43N3O17S. The molecular weight excluding hydrogens is 754 g/mol. The second-order valence-electron chi connectivity index (χ2n) is 12.0. The number of nitrogens with zero attached hydrogens (tertiary/aromatic N) is 1. The van der Waals surface area contributed by atoms with Gasteiger partial charge in [-0.25, -0.2) is 0 Å². The fourth-order valence-electron chi connectivity index (χ4n) is 5.49. The number of ether oxygens (including phenoxy) is 10. The van der Waals surface area contributed by atoms with Crippen LogP contribution in [0, 0.1) is 0 Å². The number of carbonyl (C=O) groups is 7. The molecule has 0 unspecified atom stereocenters. The van der Waals surface area contributed by atoms with E-state index in [4.69, 9.17) is 59.6 Å². The molecule has 3 rings (SSSR count). The van der Waals surface area contributed by atoms with Gasteiger partial charge in [-0.1, -0.05) is 30.3 Å². The molecule has 1 aromatic carbocycles. The summed E-state index contributed by atoms with van der Waals surface area (Å²) in [6, 6.07) is 9.01. The second-order valence-corrected chi connectivity index (χ2v) is 12.4. The molecule has 55 heavy (non-hydrogen) atoms. The van der Waals surface area contributed by atoms with Crippen LogP contribution in [0.25, 0.3) is 0 Å². The first-order valence-corrected chi connectivity index (χ1v) is 17.1. The van der Waals surface area contributed by atoms with Gasteiger partial charge < -0.3 is 52.7 Å². The van der Waals surface area contributed by atoms with Gasteiger partial charge in [0.2, 0.25) is 0 Å². The summed E-state index contributed by atoms with van der Waals surface area (Å²) in [6.07, 6.45) is -14.2. The van der Waals surface area contributed by atoms with Crippen molar-refractivity contribution in [3.63, 3.8) is 0 Å². The van der Waals surface area contributed by atoms with E-state index in [1.165, 1.54) is 6.21 Å². The average Bonchev–Trinajstić information content (AvgIpc) is 3.07. The molecule has 0 aliphatic carbocycles. The van der Waals surface area contributed by atoms with Crippen LogP contribution < -0.4 is 10.7 Å². The number of hydrogen-bond acceptors (Lipinski definition) is 19. The van der Waals surface area contributed by atoms with Gasteiger partial charge in [-0.05, 0) is 17.8 Å². The van der Waals surface area contributed by atoms with E-state index >= 15 is 0 Å². The van der Waals surface area contributed by atoms with Crippen LogP contribution >= 0.6 is 12.2 Å². The van der Waals surface area contributed by atoms with Crippen molar-refractivity contribution in [1.29, 1.82) is 0 Å². The molecule has 302 valence electrons. The fraction of sp³-hybridized carbons (Fsp3) is 0.559. The molecule has 2 fully saturated rings. The highest BCUT2D eigenvalue weighted by Gasteiger charge is 2.57. The van der Waals surface area contributed by atoms with E-state index in [0.717, 1.165) is 54.0 Å². The number of carbonyl (C=O) groups excluding carboxylic acids is 7. The lowest BCUT2D eigenvalue weighted by Gasteiger charge is -2.49. The largest absolute Gasteiger partial charge is 0.463 e. The van der Waals surface area contributed by atoms with Gasteiger partial charge in [-0.2, -0.15) is 5.10 Å². The first-order valence-electron chi connectivity index (χ1n) is 16.7. The Hall–Kier alpha value is -5.25. The van der Waals surface area contributed by atoms with Crippen LogP contribution in [0.3, 0.4) is 0 Å². The van der Waals surface area contributed by atoms with Crippen molar-refractivity contribution in [3.05, 3.63) is 35.9 Å². The molecule has 2 heterocycles. The number of esters is 7. The normalized spacial score (nSPS) is 27.4. The Morgan fingerprint density at radius 1 is 0.618 bits per heavy atom. The van der Waals surface area contributed by atoms with Crippen molar-refractivity contribution in [1.82, 2.24) is 10.7 Å². The number of rotatable bonds is 14. The molecule has 0 spiro atoms. The van der Waals surface area contributed by atoms with Gasteiger partial charge in [0.05, 0.1) is 6.21 Å². The van der Waals surface area contributed by atoms with Crippen LogP contribution in [-0.2, 0) is 80.9 Å². The summed E-state index contributed by atoms with van der Waals surface area (Å²) in [5.74, 6) is -5.95. The van der Waals surface area contributed by atoms with Crippen LogP contribution in [0.2, 0.25) is 0 Å². The van der Waals surface area contributed by atoms with Crippen molar-refractivity contribution >= 4 is 65.3 Å². The number of hydrogen-bond donors (Lipinski definition) is 2. The van der Waals surface area contributed by atoms with Gasteiger partial charge in [-0.3, -0.25) is 39.0 Å². The molecule has 2 N–H and O–H groups in total. The van der Waals surface area contributed by atoms with Crippen LogP contribution in [-0.4, -0.2) is 128 Å². The summed E-state index contributed by atoms with van der Waals surface area (Å²) in [4.78, 5) is 85.9. The number of nitrogens with one attached hydrogen (secondary N) is 2. The molecule has 1 aromatic rings. The Morgan fingerprint density at radius 2 is 1.07 bits per heavy atom. The summed E-state index contributed by atoms with van der Waals surface area (Å²) < 4.78 is 56.6. The topological polar surface area (TPSA) is 248 Å². The van der Waals surface area contributed by atoms with Gasteiger partial charge in [0.15, 0.2) is 48.2 Å². The van der Waals surface area contributed by atoms with E-state index in [1.807, 2.05) is 6.07 Å².